The standard InChI is InChI=1S/C13H12ClN3O3S/c1-7-4-8(2)10(5-9(7)17(18)19)20-12-6-11(14)15-13(16-12)21-3/h4-6H,1-3H3. The fourth-order valence-electron chi connectivity index (χ4n) is 1.76. The molecule has 110 valence electrons. The van der Waals surface area contributed by atoms with Gasteiger partial charge in [0.05, 0.1) is 11.0 Å². The lowest BCUT2D eigenvalue weighted by Crippen LogP contribution is -1.97. The topological polar surface area (TPSA) is 78.2 Å². The maximum atomic E-state index is 11.0. The van der Waals surface area contributed by atoms with Crippen LogP contribution in [-0.2, 0) is 0 Å². The third-order valence-electron chi connectivity index (χ3n) is 2.74. The SMILES string of the molecule is CSc1nc(Cl)cc(Oc2cc([N+](=O)[O-])c(C)cc2C)n1. The summed E-state index contributed by atoms with van der Waals surface area (Å²) in [5, 5.41) is 11.7. The zero-order valence-corrected chi connectivity index (χ0v) is 13.2. The van der Waals surface area contributed by atoms with E-state index in [1.165, 1.54) is 23.9 Å². The van der Waals surface area contributed by atoms with Gasteiger partial charge in [0.1, 0.15) is 10.9 Å². The van der Waals surface area contributed by atoms with Crippen molar-refractivity contribution < 1.29 is 9.66 Å². The van der Waals surface area contributed by atoms with E-state index >= 15 is 0 Å². The Bertz CT molecular complexity index is 709. The van der Waals surface area contributed by atoms with Crippen LogP contribution in [0.2, 0.25) is 5.15 Å². The van der Waals surface area contributed by atoms with Crippen LogP contribution in [0.4, 0.5) is 5.69 Å². The molecule has 0 N–H and O–H groups in total. The Morgan fingerprint density at radius 3 is 2.57 bits per heavy atom. The number of nitrogens with zero attached hydrogens (tertiary/aromatic N) is 3. The zero-order chi connectivity index (χ0) is 15.6. The second kappa shape index (κ2) is 6.28. The molecule has 8 heteroatoms. The van der Waals surface area contributed by atoms with E-state index < -0.39 is 4.92 Å². The molecule has 0 aliphatic rings. The number of hydrogen-bond acceptors (Lipinski definition) is 6. The van der Waals surface area contributed by atoms with Crippen molar-refractivity contribution in [2.45, 2.75) is 19.0 Å². The minimum Gasteiger partial charge on any atom is -0.438 e. The molecule has 0 saturated heterocycles. The lowest BCUT2D eigenvalue weighted by molar-refractivity contribution is -0.385. The highest BCUT2D eigenvalue weighted by molar-refractivity contribution is 7.98. The van der Waals surface area contributed by atoms with Gasteiger partial charge in [-0.3, -0.25) is 10.1 Å². The molecule has 0 radical (unpaired) electrons. The van der Waals surface area contributed by atoms with Crippen LogP contribution < -0.4 is 4.74 Å². The Kier molecular flexibility index (Phi) is 4.64. The molecule has 2 aromatic rings. The summed E-state index contributed by atoms with van der Waals surface area (Å²) in [4.78, 5) is 18.7. The van der Waals surface area contributed by atoms with Gasteiger partial charge in [0.2, 0.25) is 5.88 Å². The predicted octanol–water partition coefficient (Wildman–Crippen LogP) is 4.17. The number of halogens is 1. The highest BCUT2D eigenvalue weighted by Crippen LogP contribution is 2.32. The zero-order valence-electron chi connectivity index (χ0n) is 11.6. The molecule has 1 aromatic heterocycles. The predicted molar refractivity (Wildman–Crippen MR) is 81.5 cm³/mol. The molecule has 1 heterocycles. The summed E-state index contributed by atoms with van der Waals surface area (Å²) in [6.07, 6.45) is 1.82. The Labute approximate surface area is 130 Å². The first-order chi connectivity index (χ1) is 9.90. The van der Waals surface area contributed by atoms with Crippen LogP contribution in [0.5, 0.6) is 11.6 Å². The summed E-state index contributed by atoms with van der Waals surface area (Å²) in [6.45, 7) is 3.49. The van der Waals surface area contributed by atoms with E-state index in [0.717, 1.165) is 5.56 Å². The summed E-state index contributed by atoms with van der Waals surface area (Å²) in [5.74, 6) is 0.620. The number of hydrogen-bond donors (Lipinski definition) is 0. The van der Waals surface area contributed by atoms with Crippen LogP contribution in [0, 0.1) is 24.0 Å². The Balaban J connectivity index is 2.41. The molecule has 0 bridgehead atoms. The monoisotopic (exact) mass is 325 g/mol. The van der Waals surface area contributed by atoms with Gasteiger partial charge >= 0.3 is 0 Å². The second-order valence-electron chi connectivity index (χ2n) is 4.28. The quantitative estimate of drug-likeness (QED) is 0.276. The van der Waals surface area contributed by atoms with E-state index in [2.05, 4.69) is 9.97 Å². The van der Waals surface area contributed by atoms with Crippen LogP contribution in [-0.4, -0.2) is 21.1 Å². The number of thioether (sulfide) groups is 1. The van der Waals surface area contributed by atoms with Gasteiger partial charge in [-0.1, -0.05) is 23.4 Å². The smallest absolute Gasteiger partial charge is 0.276 e. The fourth-order valence-corrected chi connectivity index (χ4v) is 2.36. The van der Waals surface area contributed by atoms with Crippen LogP contribution in [0.1, 0.15) is 11.1 Å². The van der Waals surface area contributed by atoms with Gasteiger partial charge in [0.15, 0.2) is 5.16 Å². The molecule has 1 aromatic carbocycles. The molecule has 0 atom stereocenters. The molecule has 0 fully saturated rings. The van der Waals surface area contributed by atoms with Crippen molar-refractivity contribution in [2.75, 3.05) is 6.26 Å². The number of aromatic nitrogens is 2. The van der Waals surface area contributed by atoms with Gasteiger partial charge < -0.3 is 4.74 Å². The summed E-state index contributed by atoms with van der Waals surface area (Å²) in [5.41, 5.74) is 1.36. The maximum Gasteiger partial charge on any atom is 0.276 e. The maximum absolute atomic E-state index is 11.0. The minimum atomic E-state index is -0.443. The van der Waals surface area contributed by atoms with Gasteiger partial charge in [-0.15, -0.1) is 0 Å². The largest absolute Gasteiger partial charge is 0.438 e. The van der Waals surface area contributed by atoms with Crippen LogP contribution >= 0.6 is 23.4 Å². The van der Waals surface area contributed by atoms with Crippen molar-refractivity contribution in [3.63, 3.8) is 0 Å². The average Bonchev–Trinajstić information content (AvgIpc) is 2.40. The number of nitro benzene ring substituents is 1. The van der Waals surface area contributed by atoms with Crippen molar-refractivity contribution >= 4 is 29.1 Å². The first-order valence-electron chi connectivity index (χ1n) is 5.92. The Morgan fingerprint density at radius 2 is 1.95 bits per heavy atom. The molecular weight excluding hydrogens is 314 g/mol. The molecule has 21 heavy (non-hydrogen) atoms. The molecule has 0 spiro atoms. The Hall–Kier alpha value is -1.86. The third-order valence-corrected chi connectivity index (χ3v) is 3.48. The fraction of sp³-hybridized carbons (Fsp3) is 0.231. The van der Waals surface area contributed by atoms with E-state index in [9.17, 15) is 10.1 Å². The molecule has 0 aliphatic carbocycles. The number of nitro groups is 1. The number of benzene rings is 1. The summed E-state index contributed by atoms with van der Waals surface area (Å²) in [7, 11) is 0. The normalized spacial score (nSPS) is 10.5. The van der Waals surface area contributed by atoms with E-state index in [1.54, 1.807) is 13.0 Å². The first kappa shape index (κ1) is 15.5. The van der Waals surface area contributed by atoms with Gasteiger partial charge in [0.25, 0.3) is 5.69 Å². The molecule has 0 aliphatic heterocycles. The van der Waals surface area contributed by atoms with Gasteiger partial charge in [-0.05, 0) is 31.7 Å². The molecule has 0 amide bonds. The van der Waals surface area contributed by atoms with Gasteiger partial charge in [-0.25, -0.2) is 4.98 Å². The summed E-state index contributed by atoms with van der Waals surface area (Å²) < 4.78 is 5.62. The van der Waals surface area contributed by atoms with Crippen LogP contribution in [0.3, 0.4) is 0 Å². The molecular formula is C13H12ClN3O3S. The van der Waals surface area contributed by atoms with Crippen LogP contribution in [0.15, 0.2) is 23.4 Å². The van der Waals surface area contributed by atoms with Crippen molar-refractivity contribution in [2.24, 2.45) is 0 Å². The van der Waals surface area contributed by atoms with E-state index in [4.69, 9.17) is 16.3 Å². The number of ether oxygens (including phenoxy) is 1. The number of rotatable bonds is 4. The van der Waals surface area contributed by atoms with Gasteiger partial charge in [0, 0.05) is 11.6 Å². The Morgan fingerprint density at radius 1 is 1.24 bits per heavy atom. The highest BCUT2D eigenvalue weighted by atomic mass is 35.5. The molecule has 6 nitrogen and oxygen atoms in total. The van der Waals surface area contributed by atoms with E-state index in [0.29, 0.717) is 16.5 Å². The minimum absolute atomic E-state index is 0.000781. The third kappa shape index (κ3) is 3.62. The summed E-state index contributed by atoms with van der Waals surface area (Å²) >= 11 is 7.22. The van der Waals surface area contributed by atoms with Gasteiger partial charge in [-0.2, -0.15) is 4.98 Å². The molecule has 0 unspecified atom stereocenters. The van der Waals surface area contributed by atoms with Crippen molar-refractivity contribution in [3.05, 3.63) is 44.6 Å². The van der Waals surface area contributed by atoms with Crippen LogP contribution in [0.25, 0.3) is 0 Å². The lowest BCUT2D eigenvalue weighted by Gasteiger charge is -2.09. The second-order valence-corrected chi connectivity index (χ2v) is 5.44. The van der Waals surface area contributed by atoms with Crippen molar-refractivity contribution in [1.29, 1.82) is 0 Å². The first-order valence-corrected chi connectivity index (χ1v) is 7.53. The molecule has 2 rings (SSSR count). The van der Waals surface area contributed by atoms with E-state index in [1.807, 2.05) is 13.2 Å². The van der Waals surface area contributed by atoms with Crippen molar-refractivity contribution in [3.8, 4) is 11.6 Å². The molecule has 0 saturated carbocycles. The van der Waals surface area contributed by atoms with E-state index in [-0.39, 0.29) is 16.7 Å². The highest BCUT2D eigenvalue weighted by Gasteiger charge is 2.16. The van der Waals surface area contributed by atoms with Crippen molar-refractivity contribution in [1.82, 2.24) is 9.97 Å². The number of aryl methyl sites for hydroxylation is 2. The average molecular weight is 326 g/mol. The summed E-state index contributed by atoms with van der Waals surface area (Å²) in [6, 6.07) is 4.55. The lowest BCUT2D eigenvalue weighted by atomic mass is 10.1.